The SMILES string of the molecule is C=CCN(C(=N)N)C(N)=NCc1ccccc1Cl.Cl. The number of aliphatic imine (C=N–C) groups is 1. The molecule has 0 aliphatic rings. The number of benzene rings is 1. The second-order valence-electron chi connectivity index (χ2n) is 3.55. The van der Waals surface area contributed by atoms with Gasteiger partial charge in [0.2, 0.25) is 0 Å². The van der Waals surface area contributed by atoms with Gasteiger partial charge in [0.15, 0.2) is 11.9 Å². The normalized spacial score (nSPS) is 10.5. The van der Waals surface area contributed by atoms with Gasteiger partial charge in [0.1, 0.15) is 0 Å². The average Bonchev–Trinajstić information content (AvgIpc) is 2.34. The highest BCUT2D eigenvalue weighted by Crippen LogP contribution is 2.15. The van der Waals surface area contributed by atoms with Crippen LogP contribution in [0.25, 0.3) is 0 Å². The van der Waals surface area contributed by atoms with Crippen LogP contribution in [-0.4, -0.2) is 23.4 Å². The highest BCUT2D eigenvalue weighted by atomic mass is 35.5. The van der Waals surface area contributed by atoms with Crippen molar-refractivity contribution >= 4 is 35.9 Å². The number of rotatable bonds is 4. The number of hydrogen-bond donors (Lipinski definition) is 3. The summed E-state index contributed by atoms with van der Waals surface area (Å²) in [5, 5.41) is 8.01. The predicted octanol–water partition coefficient (Wildman–Crippen LogP) is 1.96. The van der Waals surface area contributed by atoms with Gasteiger partial charge in [-0.3, -0.25) is 10.3 Å². The van der Waals surface area contributed by atoms with E-state index in [4.69, 9.17) is 28.5 Å². The Labute approximate surface area is 123 Å². The van der Waals surface area contributed by atoms with Crippen LogP contribution in [0.2, 0.25) is 5.02 Å². The molecule has 19 heavy (non-hydrogen) atoms. The molecule has 0 aliphatic carbocycles. The molecule has 0 atom stereocenters. The lowest BCUT2D eigenvalue weighted by Crippen LogP contribution is -2.45. The van der Waals surface area contributed by atoms with Crippen molar-refractivity contribution < 1.29 is 0 Å². The number of hydrogen-bond acceptors (Lipinski definition) is 2. The van der Waals surface area contributed by atoms with Crippen molar-refractivity contribution in [3.8, 4) is 0 Å². The highest BCUT2D eigenvalue weighted by molar-refractivity contribution is 6.31. The number of nitrogens with zero attached hydrogens (tertiary/aromatic N) is 2. The predicted molar refractivity (Wildman–Crippen MR) is 82.8 cm³/mol. The van der Waals surface area contributed by atoms with E-state index >= 15 is 0 Å². The second-order valence-corrected chi connectivity index (χ2v) is 3.96. The van der Waals surface area contributed by atoms with Crippen LogP contribution in [0.3, 0.4) is 0 Å². The molecule has 0 fully saturated rings. The molecule has 0 unspecified atom stereocenters. The van der Waals surface area contributed by atoms with Gasteiger partial charge < -0.3 is 11.5 Å². The highest BCUT2D eigenvalue weighted by Gasteiger charge is 2.08. The molecular formula is C12H17Cl2N5. The third kappa shape index (κ3) is 5.19. The van der Waals surface area contributed by atoms with Crippen molar-refractivity contribution in [2.45, 2.75) is 6.54 Å². The van der Waals surface area contributed by atoms with Crippen LogP contribution in [0.4, 0.5) is 0 Å². The van der Waals surface area contributed by atoms with Crippen LogP contribution in [-0.2, 0) is 6.54 Å². The zero-order valence-electron chi connectivity index (χ0n) is 10.3. The zero-order chi connectivity index (χ0) is 13.5. The third-order valence-electron chi connectivity index (χ3n) is 2.25. The Morgan fingerprint density at radius 3 is 2.58 bits per heavy atom. The molecule has 104 valence electrons. The third-order valence-corrected chi connectivity index (χ3v) is 2.62. The van der Waals surface area contributed by atoms with Crippen LogP contribution in [0.5, 0.6) is 0 Å². The van der Waals surface area contributed by atoms with Gasteiger partial charge in [0, 0.05) is 11.6 Å². The smallest absolute Gasteiger partial charge is 0.198 e. The topological polar surface area (TPSA) is 91.5 Å². The minimum absolute atomic E-state index is 0. The van der Waals surface area contributed by atoms with Gasteiger partial charge in [0.05, 0.1) is 6.54 Å². The maximum Gasteiger partial charge on any atom is 0.198 e. The van der Waals surface area contributed by atoms with Crippen molar-refractivity contribution in [2.24, 2.45) is 16.5 Å². The van der Waals surface area contributed by atoms with E-state index < -0.39 is 0 Å². The second kappa shape index (κ2) is 8.39. The molecule has 5 N–H and O–H groups in total. The summed E-state index contributed by atoms with van der Waals surface area (Å²) < 4.78 is 0. The number of nitrogens with one attached hydrogen (secondary N) is 1. The van der Waals surface area contributed by atoms with Gasteiger partial charge in [-0.05, 0) is 11.6 Å². The van der Waals surface area contributed by atoms with Crippen LogP contribution in [0.1, 0.15) is 5.56 Å². The Morgan fingerprint density at radius 1 is 1.42 bits per heavy atom. The van der Waals surface area contributed by atoms with Crippen LogP contribution < -0.4 is 11.5 Å². The first-order valence-corrected chi connectivity index (χ1v) is 5.69. The molecule has 0 saturated carbocycles. The average molecular weight is 302 g/mol. The molecule has 1 rings (SSSR count). The Bertz CT molecular complexity index is 473. The van der Waals surface area contributed by atoms with E-state index in [1.54, 1.807) is 12.1 Å². The van der Waals surface area contributed by atoms with Gasteiger partial charge in [-0.2, -0.15) is 0 Å². The summed E-state index contributed by atoms with van der Waals surface area (Å²) in [4.78, 5) is 5.51. The van der Waals surface area contributed by atoms with Gasteiger partial charge in [0.25, 0.3) is 0 Å². The molecule has 0 bridgehead atoms. The molecule has 1 aromatic rings. The number of halogens is 2. The summed E-state index contributed by atoms with van der Waals surface area (Å²) in [5.74, 6) is -0.00220. The summed E-state index contributed by atoms with van der Waals surface area (Å²) in [5.41, 5.74) is 12.0. The first kappa shape index (κ1) is 17.3. The first-order valence-electron chi connectivity index (χ1n) is 5.32. The minimum Gasteiger partial charge on any atom is -0.370 e. The summed E-state index contributed by atoms with van der Waals surface area (Å²) in [6.45, 7) is 4.25. The van der Waals surface area contributed by atoms with Crippen molar-refractivity contribution in [3.05, 3.63) is 47.5 Å². The largest absolute Gasteiger partial charge is 0.370 e. The molecule has 0 amide bonds. The summed E-state index contributed by atoms with van der Waals surface area (Å²) >= 11 is 6.00. The first-order chi connectivity index (χ1) is 8.56. The molecule has 0 aromatic heterocycles. The summed E-state index contributed by atoms with van der Waals surface area (Å²) in [6, 6.07) is 7.37. The van der Waals surface area contributed by atoms with Crippen LogP contribution in [0, 0.1) is 5.41 Å². The van der Waals surface area contributed by atoms with Crippen molar-refractivity contribution in [1.82, 2.24) is 4.90 Å². The van der Waals surface area contributed by atoms with Crippen molar-refractivity contribution in [2.75, 3.05) is 6.54 Å². The Kier molecular flexibility index (Phi) is 7.63. The molecule has 7 heteroatoms. The molecule has 0 heterocycles. The van der Waals surface area contributed by atoms with Crippen molar-refractivity contribution in [1.29, 1.82) is 5.41 Å². The maximum absolute atomic E-state index is 7.38. The Hall–Kier alpha value is -1.72. The quantitative estimate of drug-likeness (QED) is 0.451. The van der Waals surface area contributed by atoms with Crippen LogP contribution in [0.15, 0.2) is 41.9 Å². The van der Waals surface area contributed by atoms with E-state index in [2.05, 4.69) is 11.6 Å². The molecule has 1 aromatic carbocycles. The standard InChI is InChI=1S/C12H16ClN5.ClH/c1-2-7-18(11(14)15)12(16)17-8-9-5-3-4-6-10(9)13;/h2-6H,1,7-8H2,(H3,14,15)(H2,16,17);1H. The summed E-state index contributed by atoms with van der Waals surface area (Å²) in [6.07, 6.45) is 1.60. The molecular weight excluding hydrogens is 285 g/mol. The van der Waals surface area contributed by atoms with Gasteiger partial charge in [-0.15, -0.1) is 19.0 Å². The van der Waals surface area contributed by atoms with E-state index in [0.717, 1.165) is 5.56 Å². The van der Waals surface area contributed by atoms with E-state index in [1.165, 1.54) is 4.90 Å². The van der Waals surface area contributed by atoms with Crippen LogP contribution >= 0.6 is 24.0 Å². The molecule has 0 radical (unpaired) electrons. The van der Waals surface area contributed by atoms with Gasteiger partial charge in [-0.1, -0.05) is 35.9 Å². The lowest BCUT2D eigenvalue weighted by molar-refractivity contribution is 0.652. The summed E-state index contributed by atoms with van der Waals surface area (Å²) in [7, 11) is 0. The Morgan fingerprint density at radius 2 is 2.05 bits per heavy atom. The monoisotopic (exact) mass is 301 g/mol. The van der Waals surface area contributed by atoms with E-state index in [9.17, 15) is 0 Å². The molecule has 0 aliphatic heterocycles. The molecule has 0 saturated heterocycles. The zero-order valence-corrected chi connectivity index (χ0v) is 11.9. The molecule has 5 nitrogen and oxygen atoms in total. The minimum atomic E-state index is -0.171. The number of guanidine groups is 2. The van der Waals surface area contributed by atoms with E-state index in [-0.39, 0.29) is 24.3 Å². The Balaban J connectivity index is 0.00000324. The van der Waals surface area contributed by atoms with Gasteiger partial charge >= 0.3 is 0 Å². The lowest BCUT2D eigenvalue weighted by Gasteiger charge is -2.19. The van der Waals surface area contributed by atoms with Crippen molar-refractivity contribution in [3.63, 3.8) is 0 Å². The van der Waals surface area contributed by atoms with E-state index in [0.29, 0.717) is 18.1 Å². The molecule has 0 spiro atoms. The van der Waals surface area contributed by atoms with Gasteiger partial charge in [-0.25, -0.2) is 4.99 Å². The number of nitrogens with two attached hydrogens (primary N) is 2. The fourth-order valence-corrected chi connectivity index (χ4v) is 1.52. The fraction of sp³-hybridized carbons (Fsp3) is 0.167. The fourth-order valence-electron chi connectivity index (χ4n) is 1.32. The maximum atomic E-state index is 7.38. The van der Waals surface area contributed by atoms with E-state index in [1.807, 2.05) is 18.2 Å². The lowest BCUT2D eigenvalue weighted by atomic mass is 10.2.